The summed E-state index contributed by atoms with van der Waals surface area (Å²) in [6, 6.07) is 8.81. The largest absolute Gasteiger partial charge is 0.284 e. The van der Waals surface area contributed by atoms with Crippen LogP contribution in [0.4, 0.5) is 5.69 Å². The smallest absolute Gasteiger partial charge is 0.269 e. The van der Waals surface area contributed by atoms with Crippen LogP contribution in [0.1, 0.15) is 19.4 Å². The Hall–Kier alpha value is -1.93. The van der Waals surface area contributed by atoms with Gasteiger partial charge < -0.3 is 0 Å². The van der Waals surface area contributed by atoms with Gasteiger partial charge in [-0.2, -0.15) is 5.26 Å². The summed E-state index contributed by atoms with van der Waals surface area (Å²) in [5, 5.41) is 19.2. The van der Waals surface area contributed by atoms with Gasteiger partial charge in [0.1, 0.15) is 0 Å². The summed E-state index contributed by atoms with van der Waals surface area (Å²) < 4.78 is 0. The van der Waals surface area contributed by atoms with Gasteiger partial charge in [0.25, 0.3) is 5.69 Å². The molecule has 0 radical (unpaired) electrons. The van der Waals surface area contributed by atoms with Crippen molar-refractivity contribution in [3.63, 3.8) is 0 Å². The summed E-state index contributed by atoms with van der Waals surface area (Å²) in [6.07, 6.45) is 0. The second kappa shape index (κ2) is 5.97. The summed E-state index contributed by atoms with van der Waals surface area (Å²) in [5.74, 6) is 0. The number of hydrogen-bond donors (Lipinski definition) is 0. The Morgan fingerprint density at radius 3 is 2.41 bits per heavy atom. The number of nitrogens with zero attached hydrogens (tertiary/aromatic N) is 3. The topological polar surface area (TPSA) is 70.2 Å². The van der Waals surface area contributed by atoms with Crippen LogP contribution in [0.3, 0.4) is 0 Å². The van der Waals surface area contributed by atoms with Crippen molar-refractivity contribution in [3.8, 4) is 6.07 Å². The van der Waals surface area contributed by atoms with E-state index in [1.807, 2.05) is 18.7 Å². The normalized spacial score (nSPS) is 10.5. The van der Waals surface area contributed by atoms with Gasteiger partial charge in [-0.1, -0.05) is 12.1 Å². The molecular weight excluding hydrogens is 218 g/mol. The summed E-state index contributed by atoms with van der Waals surface area (Å²) in [6.45, 7) is 5.02. The number of hydrogen-bond acceptors (Lipinski definition) is 4. The highest BCUT2D eigenvalue weighted by Gasteiger charge is 2.10. The maximum atomic E-state index is 10.5. The molecule has 0 aliphatic carbocycles. The first-order chi connectivity index (χ1) is 8.04. The fourth-order valence-electron chi connectivity index (χ4n) is 1.47. The zero-order chi connectivity index (χ0) is 12.8. The summed E-state index contributed by atoms with van der Waals surface area (Å²) in [7, 11) is 0. The predicted octanol–water partition coefficient (Wildman–Crippen LogP) is 2.33. The van der Waals surface area contributed by atoms with Crippen molar-refractivity contribution in [2.45, 2.75) is 26.4 Å². The van der Waals surface area contributed by atoms with Gasteiger partial charge in [0.15, 0.2) is 0 Å². The van der Waals surface area contributed by atoms with Crippen LogP contribution in [0.15, 0.2) is 24.3 Å². The van der Waals surface area contributed by atoms with E-state index in [4.69, 9.17) is 5.26 Å². The zero-order valence-electron chi connectivity index (χ0n) is 9.96. The van der Waals surface area contributed by atoms with Crippen molar-refractivity contribution in [3.05, 3.63) is 39.9 Å². The number of non-ortho nitro benzene ring substituents is 1. The highest BCUT2D eigenvalue weighted by atomic mass is 16.6. The average Bonchev–Trinajstić information content (AvgIpc) is 2.29. The number of nitro groups is 1. The molecule has 0 amide bonds. The molecule has 0 heterocycles. The maximum Gasteiger partial charge on any atom is 0.269 e. The van der Waals surface area contributed by atoms with Crippen molar-refractivity contribution in [1.82, 2.24) is 4.90 Å². The van der Waals surface area contributed by atoms with Crippen LogP contribution in [-0.4, -0.2) is 22.4 Å². The van der Waals surface area contributed by atoms with E-state index in [2.05, 4.69) is 6.07 Å². The van der Waals surface area contributed by atoms with Gasteiger partial charge in [-0.25, -0.2) is 0 Å². The Kier molecular flexibility index (Phi) is 4.61. The van der Waals surface area contributed by atoms with E-state index >= 15 is 0 Å². The average molecular weight is 233 g/mol. The van der Waals surface area contributed by atoms with E-state index < -0.39 is 4.92 Å². The SMILES string of the molecule is CC(C)N(CC#N)Cc1ccc([N+](=O)[O-])cc1. The minimum Gasteiger partial charge on any atom is -0.284 e. The van der Waals surface area contributed by atoms with Gasteiger partial charge in [0, 0.05) is 24.7 Å². The molecule has 0 fully saturated rings. The second-order valence-electron chi connectivity index (χ2n) is 4.08. The van der Waals surface area contributed by atoms with Crippen molar-refractivity contribution in [1.29, 1.82) is 5.26 Å². The molecule has 90 valence electrons. The summed E-state index contributed by atoms with van der Waals surface area (Å²) in [5.41, 5.74) is 1.06. The van der Waals surface area contributed by atoms with Crippen LogP contribution in [0.5, 0.6) is 0 Å². The summed E-state index contributed by atoms with van der Waals surface area (Å²) >= 11 is 0. The fraction of sp³-hybridized carbons (Fsp3) is 0.417. The van der Waals surface area contributed by atoms with Crippen molar-refractivity contribution in [2.24, 2.45) is 0 Å². The lowest BCUT2D eigenvalue weighted by molar-refractivity contribution is -0.384. The lowest BCUT2D eigenvalue weighted by atomic mass is 10.1. The van der Waals surface area contributed by atoms with E-state index in [-0.39, 0.29) is 11.7 Å². The third-order valence-electron chi connectivity index (χ3n) is 2.54. The Morgan fingerprint density at radius 1 is 1.41 bits per heavy atom. The molecule has 0 saturated heterocycles. The molecule has 0 aliphatic rings. The third-order valence-corrected chi connectivity index (χ3v) is 2.54. The van der Waals surface area contributed by atoms with E-state index in [1.54, 1.807) is 12.1 Å². The monoisotopic (exact) mass is 233 g/mol. The lowest BCUT2D eigenvalue weighted by Gasteiger charge is -2.23. The molecule has 0 bridgehead atoms. The number of nitriles is 1. The Morgan fingerprint density at radius 2 is 2.00 bits per heavy atom. The fourth-order valence-corrected chi connectivity index (χ4v) is 1.47. The van der Waals surface area contributed by atoms with E-state index in [1.165, 1.54) is 12.1 Å². The van der Waals surface area contributed by atoms with Gasteiger partial charge in [0.2, 0.25) is 0 Å². The van der Waals surface area contributed by atoms with Crippen LogP contribution in [0.25, 0.3) is 0 Å². The first-order valence-electron chi connectivity index (χ1n) is 5.39. The van der Waals surface area contributed by atoms with Crippen LogP contribution in [-0.2, 0) is 6.54 Å². The first kappa shape index (κ1) is 13.1. The molecule has 17 heavy (non-hydrogen) atoms. The highest BCUT2D eigenvalue weighted by molar-refractivity contribution is 5.32. The molecule has 5 heteroatoms. The minimum absolute atomic E-state index is 0.0881. The van der Waals surface area contributed by atoms with Crippen molar-refractivity contribution < 1.29 is 4.92 Å². The van der Waals surface area contributed by atoms with Crippen LogP contribution in [0.2, 0.25) is 0 Å². The van der Waals surface area contributed by atoms with E-state index in [0.717, 1.165) is 5.56 Å². The van der Waals surface area contributed by atoms with E-state index in [0.29, 0.717) is 13.1 Å². The third kappa shape index (κ3) is 3.85. The van der Waals surface area contributed by atoms with Gasteiger partial charge in [0.05, 0.1) is 17.5 Å². The van der Waals surface area contributed by atoms with Crippen LogP contribution in [0, 0.1) is 21.4 Å². The first-order valence-corrected chi connectivity index (χ1v) is 5.39. The number of benzene rings is 1. The molecule has 0 N–H and O–H groups in total. The van der Waals surface area contributed by atoms with Gasteiger partial charge >= 0.3 is 0 Å². The molecule has 0 aliphatic heterocycles. The van der Waals surface area contributed by atoms with Crippen molar-refractivity contribution in [2.75, 3.05) is 6.54 Å². The molecule has 1 aromatic carbocycles. The predicted molar refractivity (Wildman–Crippen MR) is 64.3 cm³/mol. The molecule has 0 saturated carbocycles. The Balaban J connectivity index is 2.74. The standard InChI is InChI=1S/C12H15N3O2/c1-10(2)14(8-7-13)9-11-3-5-12(6-4-11)15(16)17/h3-6,10H,8-9H2,1-2H3. The Bertz CT molecular complexity index is 420. The molecule has 0 atom stereocenters. The lowest BCUT2D eigenvalue weighted by Crippen LogP contribution is -2.30. The molecule has 5 nitrogen and oxygen atoms in total. The molecule has 0 spiro atoms. The second-order valence-corrected chi connectivity index (χ2v) is 4.08. The molecule has 1 rings (SSSR count). The van der Waals surface area contributed by atoms with Gasteiger partial charge in [-0.3, -0.25) is 15.0 Å². The maximum absolute atomic E-state index is 10.5. The molecule has 1 aromatic rings. The summed E-state index contributed by atoms with van der Waals surface area (Å²) in [4.78, 5) is 12.1. The molecule has 0 aromatic heterocycles. The van der Waals surface area contributed by atoms with Gasteiger partial charge in [-0.15, -0.1) is 0 Å². The van der Waals surface area contributed by atoms with Crippen molar-refractivity contribution >= 4 is 5.69 Å². The van der Waals surface area contributed by atoms with Crippen LogP contribution >= 0.6 is 0 Å². The molecule has 0 unspecified atom stereocenters. The van der Waals surface area contributed by atoms with E-state index in [9.17, 15) is 10.1 Å². The number of nitro benzene ring substituents is 1. The minimum atomic E-state index is -0.417. The van der Waals surface area contributed by atoms with Crippen LogP contribution < -0.4 is 0 Å². The molecular formula is C12H15N3O2. The quantitative estimate of drug-likeness (QED) is 0.444. The van der Waals surface area contributed by atoms with Gasteiger partial charge in [-0.05, 0) is 19.4 Å². The number of rotatable bonds is 5. The highest BCUT2D eigenvalue weighted by Crippen LogP contribution is 2.14. The Labute approximate surface area is 100 Å². The zero-order valence-corrected chi connectivity index (χ0v) is 9.96.